The Morgan fingerprint density at radius 3 is 2.37 bits per heavy atom. The number of ether oxygens (including phenoxy) is 1. The molecule has 0 spiro atoms. The van der Waals surface area contributed by atoms with Crippen molar-refractivity contribution >= 4 is 9.84 Å². The molecule has 102 valence electrons. The first kappa shape index (κ1) is 14.0. The van der Waals surface area contributed by atoms with Crippen molar-refractivity contribution in [3.8, 4) is 6.07 Å². The van der Waals surface area contributed by atoms with E-state index in [1.165, 1.54) is 0 Å². The minimum atomic E-state index is -3.65. The van der Waals surface area contributed by atoms with Gasteiger partial charge in [-0.25, -0.2) is 8.42 Å². The molecule has 0 aromatic heterocycles. The van der Waals surface area contributed by atoms with Crippen LogP contribution in [0.25, 0.3) is 0 Å². The van der Waals surface area contributed by atoms with Gasteiger partial charge in [0.1, 0.15) is 0 Å². The highest BCUT2D eigenvalue weighted by Crippen LogP contribution is 2.34. The lowest BCUT2D eigenvalue weighted by Gasteiger charge is -2.30. The average molecular weight is 279 g/mol. The molecule has 1 aromatic rings. The second-order valence-electron chi connectivity index (χ2n) is 4.97. The van der Waals surface area contributed by atoms with Crippen molar-refractivity contribution < 1.29 is 13.2 Å². The third-order valence-electron chi connectivity index (χ3n) is 3.81. The zero-order valence-corrected chi connectivity index (χ0v) is 12.0. The Morgan fingerprint density at radius 1 is 1.21 bits per heavy atom. The summed E-state index contributed by atoms with van der Waals surface area (Å²) in [5.74, 6) is 0. The fraction of sp³-hybridized carbons (Fsp3) is 0.500. The molecule has 0 N–H and O–H groups in total. The van der Waals surface area contributed by atoms with Crippen molar-refractivity contribution in [2.24, 2.45) is 0 Å². The maximum Gasteiger partial charge on any atom is 0.197 e. The predicted molar refractivity (Wildman–Crippen MR) is 71.5 cm³/mol. The largest absolute Gasteiger partial charge is 0.381 e. The maximum atomic E-state index is 12.7. The average Bonchev–Trinajstić information content (AvgIpc) is 2.42. The lowest BCUT2D eigenvalue weighted by molar-refractivity contribution is 0.0863. The van der Waals surface area contributed by atoms with E-state index in [0.29, 0.717) is 13.2 Å². The van der Waals surface area contributed by atoms with Gasteiger partial charge in [-0.1, -0.05) is 6.07 Å². The fourth-order valence-electron chi connectivity index (χ4n) is 2.25. The summed E-state index contributed by atoms with van der Waals surface area (Å²) >= 11 is 0. The lowest BCUT2D eigenvalue weighted by Crippen LogP contribution is -2.42. The van der Waals surface area contributed by atoms with Crippen LogP contribution in [0.3, 0.4) is 0 Å². The minimum Gasteiger partial charge on any atom is -0.381 e. The molecule has 0 unspecified atom stereocenters. The lowest BCUT2D eigenvalue weighted by atomic mass is 10.0. The number of benzene rings is 1. The number of nitriles is 1. The van der Waals surface area contributed by atoms with Gasteiger partial charge in [-0.15, -0.1) is 0 Å². The van der Waals surface area contributed by atoms with Crippen LogP contribution in [0.2, 0.25) is 0 Å². The molecule has 19 heavy (non-hydrogen) atoms. The van der Waals surface area contributed by atoms with Gasteiger partial charge in [0.25, 0.3) is 0 Å². The molecule has 0 saturated carbocycles. The van der Waals surface area contributed by atoms with Gasteiger partial charge in [0.2, 0.25) is 0 Å². The number of rotatable bonds is 2. The van der Waals surface area contributed by atoms with E-state index in [0.717, 1.165) is 11.1 Å². The van der Waals surface area contributed by atoms with E-state index < -0.39 is 14.6 Å². The predicted octanol–water partition coefficient (Wildman–Crippen LogP) is 2.15. The number of aryl methyl sites for hydroxylation is 2. The van der Waals surface area contributed by atoms with Gasteiger partial charge in [0, 0.05) is 26.1 Å². The second kappa shape index (κ2) is 4.95. The fourth-order valence-corrected chi connectivity index (χ4v) is 4.10. The van der Waals surface area contributed by atoms with Gasteiger partial charge in [-0.2, -0.15) is 5.26 Å². The Kier molecular flexibility index (Phi) is 3.66. The molecule has 1 aromatic carbocycles. The summed E-state index contributed by atoms with van der Waals surface area (Å²) in [6, 6.07) is 7.05. The quantitative estimate of drug-likeness (QED) is 0.832. The number of nitrogens with zero attached hydrogens (tertiary/aromatic N) is 1. The van der Waals surface area contributed by atoms with Gasteiger partial charge in [0.05, 0.1) is 11.0 Å². The summed E-state index contributed by atoms with van der Waals surface area (Å²) in [4.78, 5) is 0.235. The molecular weight excluding hydrogens is 262 g/mol. The molecule has 0 atom stereocenters. The van der Waals surface area contributed by atoms with Crippen LogP contribution >= 0.6 is 0 Å². The first-order valence-electron chi connectivity index (χ1n) is 6.24. The number of hydrogen-bond acceptors (Lipinski definition) is 4. The Balaban J connectivity index is 2.52. The Hall–Kier alpha value is -1.38. The molecule has 0 amide bonds. The van der Waals surface area contributed by atoms with Crippen LogP contribution in [-0.2, 0) is 14.6 Å². The van der Waals surface area contributed by atoms with E-state index in [1.54, 1.807) is 18.2 Å². The van der Waals surface area contributed by atoms with Crippen molar-refractivity contribution in [3.05, 3.63) is 29.3 Å². The highest BCUT2D eigenvalue weighted by atomic mass is 32.2. The van der Waals surface area contributed by atoms with Gasteiger partial charge in [-0.3, -0.25) is 0 Å². The van der Waals surface area contributed by atoms with Crippen molar-refractivity contribution in [2.75, 3.05) is 13.2 Å². The van der Waals surface area contributed by atoms with Crippen LogP contribution in [0.15, 0.2) is 23.1 Å². The zero-order chi connectivity index (χ0) is 14.1. The summed E-state index contributed by atoms with van der Waals surface area (Å²) < 4.78 is 29.3. The summed E-state index contributed by atoms with van der Waals surface area (Å²) in [7, 11) is -3.65. The first-order chi connectivity index (χ1) is 8.93. The number of hydrogen-bond donors (Lipinski definition) is 0. The van der Waals surface area contributed by atoms with Gasteiger partial charge >= 0.3 is 0 Å². The van der Waals surface area contributed by atoms with Crippen molar-refractivity contribution in [1.82, 2.24) is 0 Å². The molecule has 0 radical (unpaired) electrons. The van der Waals surface area contributed by atoms with Crippen LogP contribution in [0, 0.1) is 25.2 Å². The smallest absolute Gasteiger partial charge is 0.197 e. The highest BCUT2D eigenvalue weighted by Gasteiger charge is 2.46. The minimum absolute atomic E-state index is 0.235. The van der Waals surface area contributed by atoms with Crippen molar-refractivity contribution in [1.29, 1.82) is 5.26 Å². The van der Waals surface area contributed by atoms with Crippen LogP contribution in [0.1, 0.15) is 24.0 Å². The summed E-state index contributed by atoms with van der Waals surface area (Å²) in [6.45, 7) is 4.44. The van der Waals surface area contributed by atoms with E-state index in [1.807, 2.05) is 19.9 Å². The molecule has 1 heterocycles. The third-order valence-corrected chi connectivity index (χ3v) is 6.21. The van der Waals surface area contributed by atoms with E-state index >= 15 is 0 Å². The first-order valence-corrected chi connectivity index (χ1v) is 7.72. The summed E-state index contributed by atoms with van der Waals surface area (Å²) in [5, 5.41) is 9.38. The SMILES string of the molecule is Cc1ccc(S(=O)(=O)C2(C#N)CCOCC2)cc1C. The molecule has 1 fully saturated rings. The van der Waals surface area contributed by atoms with E-state index in [9.17, 15) is 13.7 Å². The highest BCUT2D eigenvalue weighted by molar-refractivity contribution is 7.93. The van der Waals surface area contributed by atoms with E-state index in [4.69, 9.17) is 4.74 Å². The molecular formula is C14H17NO3S. The van der Waals surface area contributed by atoms with E-state index in [-0.39, 0.29) is 17.7 Å². The third kappa shape index (κ3) is 2.26. The van der Waals surface area contributed by atoms with Gasteiger partial charge in [-0.05, 0) is 37.1 Å². The van der Waals surface area contributed by atoms with Crippen LogP contribution in [-0.4, -0.2) is 26.4 Å². The van der Waals surface area contributed by atoms with E-state index in [2.05, 4.69) is 0 Å². The normalized spacial score (nSPS) is 18.8. The Bertz CT molecular complexity index is 623. The maximum absolute atomic E-state index is 12.7. The van der Waals surface area contributed by atoms with Crippen LogP contribution in [0.5, 0.6) is 0 Å². The molecule has 1 saturated heterocycles. The van der Waals surface area contributed by atoms with Crippen molar-refractivity contribution in [3.63, 3.8) is 0 Å². The number of sulfone groups is 1. The van der Waals surface area contributed by atoms with Gasteiger partial charge in [0.15, 0.2) is 14.6 Å². The molecule has 5 heteroatoms. The Labute approximate surface area is 113 Å². The molecule has 0 bridgehead atoms. The molecule has 4 nitrogen and oxygen atoms in total. The molecule has 1 aliphatic rings. The Morgan fingerprint density at radius 2 is 1.84 bits per heavy atom. The molecule has 1 aliphatic heterocycles. The van der Waals surface area contributed by atoms with Crippen LogP contribution < -0.4 is 0 Å². The topological polar surface area (TPSA) is 67.2 Å². The summed E-state index contributed by atoms with van der Waals surface area (Å²) in [5.41, 5.74) is 1.96. The molecule has 0 aliphatic carbocycles. The van der Waals surface area contributed by atoms with Crippen LogP contribution in [0.4, 0.5) is 0 Å². The zero-order valence-electron chi connectivity index (χ0n) is 11.1. The standard InChI is InChI=1S/C14H17NO3S/c1-11-3-4-13(9-12(11)2)19(16,17)14(10-15)5-7-18-8-6-14/h3-4,9H,5-8H2,1-2H3. The van der Waals surface area contributed by atoms with Crippen molar-refractivity contribution in [2.45, 2.75) is 36.3 Å². The monoisotopic (exact) mass is 279 g/mol. The summed E-state index contributed by atoms with van der Waals surface area (Å²) in [6.07, 6.45) is 0.470. The molecule has 2 rings (SSSR count). The van der Waals surface area contributed by atoms with Gasteiger partial charge < -0.3 is 4.74 Å². The second-order valence-corrected chi connectivity index (χ2v) is 7.23.